The van der Waals surface area contributed by atoms with Crippen molar-refractivity contribution in [1.29, 1.82) is 0 Å². The smallest absolute Gasteiger partial charge is 0.332 e. The first-order valence-electron chi connectivity index (χ1n) is 6.96. The van der Waals surface area contributed by atoms with Gasteiger partial charge in [-0.25, -0.2) is 4.79 Å². The zero-order valence-electron chi connectivity index (χ0n) is 11.9. The number of methoxy groups -OCH3 is 1. The summed E-state index contributed by atoms with van der Waals surface area (Å²) in [7, 11) is 1.40. The number of ether oxygens (including phenoxy) is 1. The average Bonchev–Trinajstić information content (AvgIpc) is 2.37. The number of allylic oxidation sites excluding steroid dienone is 2. The van der Waals surface area contributed by atoms with Crippen LogP contribution in [0.15, 0.2) is 23.9 Å². The van der Waals surface area contributed by atoms with E-state index >= 15 is 0 Å². The van der Waals surface area contributed by atoms with Crippen LogP contribution in [0.4, 0.5) is 0 Å². The molecule has 1 saturated heterocycles. The van der Waals surface area contributed by atoms with Gasteiger partial charge in [0.15, 0.2) is 0 Å². The minimum Gasteiger partial charge on any atom is -0.466 e. The highest BCUT2D eigenvalue weighted by Gasteiger charge is 2.21. The van der Waals surface area contributed by atoms with Gasteiger partial charge in [0.2, 0.25) is 0 Å². The minimum atomic E-state index is -0.291. The fourth-order valence-corrected chi connectivity index (χ4v) is 2.49. The van der Waals surface area contributed by atoms with Gasteiger partial charge in [0.1, 0.15) is 0 Å². The predicted molar refractivity (Wildman–Crippen MR) is 75.5 cm³/mol. The number of hydrogen-bond acceptors (Lipinski definition) is 4. The number of carbonyl (C=O) groups excluding carboxylic acids is 1. The number of aliphatic hydroxyl groups excluding tert-OH is 1. The monoisotopic (exact) mass is 267 g/mol. The van der Waals surface area contributed by atoms with Crippen molar-refractivity contribution in [2.45, 2.75) is 45.1 Å². The highest BCUT2D eigenvalue weighted by Crippen LogP contribution is 2.24. The molecule has 0 aliphatic carbocycles. The summed E-state index contributed by atoms with van der Waals surface area (Å²) in [5.74, 6) is 0.302. The lowest BCUT2D eigenvalue weighted by molar-refractivity contribution is -0.134. The molecular formula is C15H25NO3. The van der Waals surface area contributed by atoms with E-state index in [0.717, 1.165) is 37.8 Å². The average molecular weight is 267 g/mol. The van der Waals surface area contributed by atoms with Gasteiger partial charge in [-0.2, -0.15) is 0 Å². The van der Waals surface area contributed by atoms with Crippen LogP contribution in [0.25, 0.3) is 0 Å². The second-order valence-corrected chi connectivity index (χ2v) is 5.16. The summed E-state index contributed by atoms with van der Waals surface area (Å²) >= 11 is 0. The molecule has 2 atom stereocenters. The number of esters is 1. The van der Waals surface area contributed by atoms with Crippen LogP contribution in [-0.2, 0) is 9.53 Å². The van der Waals surface area contributed by atoms with Crippen molar-refractivity contribution in [2.75, 3.05) is 13.7 Å². The van der Waals surface area contributed by atoms with Crippen LogP contribution in [0.5, 0.6) is 0 Å². The van der Waals surface area contributed by atoms with E-state index in [1.165, 1.54) is 7.11 Å². The van der Waals surface area contributed by atoms with E-state index in [1.54, 1.807) is 12.2 Å². The molecule has 19 heavy (non-hydrogen) atoms. The topological polar surface area (TPSA) is 58.6 Å². The molecule has 4 heteroatoms. The van der Waals surface area contributed by atoms with Crippen molar-refractivity contribution in [3.8, 4) is 0 Å². The fraction of sp³-hybridized carbons (Fsp3) is 0.667. The maximum atomic E-state index is 11.3. The van der Waals surface area contributed by atoms with Gasteiger partial charge in [-0.1, -0.05) is 19.1 Å². The molecule has 1 fully saturated rings. The van der Waals surface area contributed by atoms with Crippen LogP contribution < -0.4 is 5.32 Å². The lowest BCUT2D eigenvalue weighted by atomic mass is 9.89. The second kappa shape index (κ2) is 8.75. The molecule has 0 aromatic rings. The first-order chi connectivity index (χ1) is 9.15. The maximum Gasteiger partial charge on any atom is 0.332 e. The zero-order valence-corrected chi connectivity index (χ0v) is 11.9. The molecule has 0 aromatic heterocycles. The van der Waals surface area contributed by atoms with Crippen molar-refractivity contribution in [1.82, 2.24) is 5.32 Å². The molecule has 1 rings (SSSR count). The van der Waals surface area contributed by atoms with Crippen LogP contribution in [0.3, 0.4) is 0 Å². The highest BCUT2D eigenvalue weighted by molar-refractivity contribution is 5.82. The van der Waals surface area contributed by atoms with Crippen LogP contribution in [-0.4, -0.2) is 30.8 Å². The van der Waals surface area contributed by atoms with Crippen molar-refractivity contribution in [3.05, 3.63) is 23.9 Å². The molecule has 0 radical (unpaired) electrons. The first kappa shape index (κ1) is 15.8. The standard InChI is InChI=1S/C15H25NO3/c1-12-9-13(7-5-3-4-6-8-17)16-14(10-12)11-15(18)19-2/h4,6,11-13,16-17H,3,5,7-10H2,1-2H3/b6-4-,14-11-/t12-,13+/m0/s1. The Balaban J connectivity index is 2.40. The molecule has 0 saturated carbocycles. The lowest BCUT2D eigenvalue weighted by Gasteiger charge is -2.31. The largest absolute Gasteiger partial charge is 0.466 e. The van der Waals surface area contributed by atoms with E-state index in [4.69, 9.17) is 5.11 Å². The van der Waals surface area contributed by atoms with Gasteiger partial charge < -0.3 is 15.2 Å². The van der Waals surface area contributed by atoms with Crippen LogP contribution in [0, 0.1) is 5.92 Å². The summed E-state index contributed by atoms with van der Waals surface area (Å²) in [5, 5.41) is 12.1. The molecular weight excluding hydrogens is 242 g/mol. The Morgan fingerprint density at radius 1 is 1.53 bits per heavy atom. The van der Waals surface area contributed by atoms with Gasteiger partial charge in [-0.05, 0) is 38.0 Å². The predicted octanol–water partition coefficient (Wildman–Crippen LogP) is 2.15. The normalized spacial score (nSPS) is 25.5. The second-order valence-electron chi connectivity index (χ2n) is 5.16. The van der Waals surface area contributed by atoms with E-state index in [9.17, 15) is 4.79 Å². The molecule has 108 valence electrons. The quantitative estimate of drug-likeness (QED) is 0.335. The molecule has 0 amide bonds. The summed E-state index contributed by atoms with van der Waals surface area (Å²) in [6.07, 6.45) is 10.6. The number of unbranched alkanes of at least 4 members (excludes halogenated alkanes) is 1. The Kier molecular flexibility index (Phi) is 7.26. The van der Waals surface area contributed by atoms with Crippen molar-refractivity contribution >= 4 is 5.97 Å². The van der Waals surface area contributed by atoms with Crippen LogP contribution in [0.1, 0.15) is 39.0 Å². The van der Waals surface area contributed by atoms with Gasteiger partial charge >= 0.3 is 5.97 Å². The number of piperidine rings is 1. The van der Waals surface area contributed by atoms with Crippen LogP contribution >= 0.6 is 0 Å². The molecule has 0 aromatic carbocycles. The molecule has 2 N–H and O–H groups in total. The van der Waals surface area contributed by atoms with E-state index in [2.05, 4.69) is 17.0 Å². The molecule has 1 heterocycles. The summed E-state index contributed by atoms with van der Waals surface area (Å²) in [5.41, 5.74) is 0.988. The maximum absolute atomic E-state index is 11.3. The third-order valence-electron chi connectivity index (χ3n) is 3.33. The highest BCUT2D eigenvalue weighted by atomic mass is 16.5. The van der Waals surface area contributed by atoms with E-state index < -0.39 is 0 Å². The van der Waals surface area contributed by atoms with Gasteiger partial charge in [-0.3, -0.25) is 0 Å². The third-order valence-corrected chi connectivity index (χ3v) is 3.33. The van der Waals surface area contributed by atoms with Crippen molar-refractivity contribution in [3.63, 3.8) is 0 Å². The fourth-order valence-electron chi connectivity index (χ4n) is 2.49. The Bertz CT molecular complexity index is 336. The SMILES string of the molecule is COC(=O)/C=C1/C[C@@H](C)C[C@@H](CCC/C=C\CO)N1. The number of hydrogen-bond donors (Lipinski definition) is 2. The number of nitrogens with one attached hydrogen (secondary N) is 1. The summed E-state index contributed by atoms with van der Waals surface area (Å²) in [6, 6.07) is 0.433. The summed E-state index contributed by atoms with van der Waals surface area (Å²) in [4.78, 5) is 11.3. The number of rotatable bonds is 6. The Morgan fingerprint density at radius 3 is 3.00 bits per heavy atom. The molecule has 1 aliphatic rings. The van der Waals surface area contributed by atoms with E-state index in [-0.39, 0.29) is 12.6 Å². The molecule has 4 nitrogen and oxygen atoms in total. The van der Waals surface area contributed by atoms with Crippen LogP contribution in [0.2, 0.25) is 0 Å². The van der Waals surface area contributed by atoms with Gasteiger partial charge in [0, 0.05) is 17.8 Å². The first-order valence-corrected chi connectivity index (χ1v) is 6.96. The van der Waals surface area contributed by atoms with Crippen molar-refractivity contribution in [2.24, 2.45) is 5.92 Å². The number of carbonyl (C=O) groups is 1. The Morgan fingerprint density at radius 2 is 2.32 bits per heavy atom. The van der Waals surface area contributed by atoms with Gasteiger partial charge in [-0.15, -0.1) is 0 Å². The van der Waals surface area contributed by atoms with E-state index in [0.29, 0.717) is 12.0 Å². The van der Waals surface area contributed by atoms with Gasteiger partial charge in [0.05, 0.1) is 13.7 Å². The molecule has 1 aliphatic heterocycles. The number of aliphatic hydroxyl groups is 1. The Hall–Kier alpha value is -1.29. The zero-order chi connectivity index (χ0) is 14.1. The molecule has 0 bridgehead atoms. The van der Waals surface area contributed by atoms with Gasteiger partial charge in [0.25, 0.3) is 0 Å². The third kappa shape index (κ3) is 6.43. The molecule has 0 spiro atoms. The molecule has 0 unspecified atom stereocenters. The van der Waals surface area contributed by atoms with Crippen molar-refractivity contribution < 1.29 is 14.6 Å². The summed E-state index contributed by atoms with van der Waals surface area (Å²) in [6.45, 7) is 2.33. The minimum absolute atomic E-state index is 0.116. The Labute approximate surface area is 115 Å². The van der Waals surface area contributed by atoms with E-state index in [1.807, 2.05) is 6.08 Å². The summed E-state index contributed by atoms with van der Waals surface area (Å²) < 4.78 is 4.66. The lowest BCUT2D eigenvalue weighted by Crippen LogP contribution is -2.36.